The quantitative estimate of drug-likeness (QED) is 0.364. The Morgan fingerprint density at radius 1 is 1.06 bits per heavy atom. The lowest BCUT2D eigenvalue weighted by Crippen LogP contribution is -2.35. The summed E-state index contributed by atoms with van der Waals surface area (Å²) in [4.78, 5) is 14.0. The molecule has 0 bridgehead atoms. The number of piperidine rings is 1. The maximum atomic E-state index is 11.7. The SMILES string of the molecule is C=Cc1ccc(-c2ccc(Cl)cc2)c(C(O)C2CCN(c3ccc(C(=O)OC)cc3)CC2)c1.CC. The van der Waals surface area contributed by atoms with Gasteiger partial charge in [0.1, 0.15) is 0 Å². The summed E-state index contributed by atoms with van der Waals surface area (Å²) in [5, 5.41) is 12.1. The first-order valence-corrected chi connectivity index (χ1v) is 12.5. The minimum Gasteiger partial charge on any atom is -0.465 e. The molecule has 0 aromatic heterocycles. The molecule has 1 atom stereocenters. The van der Waals surface area contributed by atoms with E-state index in [2.05, 4.69) is 17.5 Å². The molecular weight excluding hydrogens is 458 g/mol. The average molecular weight is 492 g/mol. The summed E-state index contributed by atoms with van der Waals surface area (Å²) < 4.78 is 4.77. The molecule has 1 aliphatic heterocycles. The normalized spacial score (nSPS) is 14.5. The van der Waals surface area contributed by atoms with E-state index in [0.717, 1.165) is 53.9 Å². The number of hydrogen-bond acceptors (Lipinski definition) is 4. The van der Waals surface area contributed by atoms with Gasteiger partial charge < -0.3 is 14.7 Å². The first-order chi connectivity index (χ1) is 17.0. The van der Waals surface area contributed by atoms with Crippen LogP contribution in [0.5, 0.6) is 0 Å². The number of benzene rings is 3. The molecule has 3 aromatic rings. The summed E-state index contributed by atoms with van der Waals surface area (Å²) in [6, 6.07) is 21.3. The van der Waals surface area contributed by atoms with E-state index >= 15 is 0 Å². The highest BCUT2D eigenvalue weighted by molar-refractivity contribution is 6.30. The van der Waals surface area contributed by atoms with E-state index in [1.54, 1.807) is 12.1 Å². The first kappa shape index (κ1) is 26.5. The summed E-state index contributed by atoms with van der Waals surface area (Å²) in [5.41, 5.74) is 5.59. The van der Waals surface area contributed by atoms with E-state index in [9.17, 15) is 9.90 Å². The van der Waals surface area contributed by atoms with Crippen LogP contribution in [0.15, 0.2) is 73.3 Å². The number of carbonyl (C=O) groups is 1. The van der Waals surface area contributed by atoms with Crippen LogP contribution in [-0.4, -0.2) is 31.3 Å². The van der Waals surface area contributed by atoms with Crippen LogP contribution in [0.25, 0.3) is 17.2 Å². The predicted octanol–water partition coefficient (Wildman–Crippen LogP) is 7.41. The van der Waals surface area contributed by atoms with Gasteiger partial charge in [0.05, 0.1) is 18.8 Å². The van der Waals surface area contributed by atoms with Gasteiger partial charge in [-0.2, -0.15) is 0 Å². The molecule has 0 aliphatic carbocycles. The Labute approximate surface area is 213 Å². The van der Waals surface area contributed by atoms with E-state index in [1.807, 2.05) is 68.5 Å². The molecule has 1 heterocycles. The molecule has 184 valence electrons. The third-order valence-corrected chi connectivity index (χ3v) is 6.68. The monoisotopic (exact) mass is 491 g/mol. The number of nitrogens with zero attached hydrogens (tertiary/aromatic N) is 1. The predicted molar refractivity (Wildman–Crippen MR) is 146 cm³/mol. The van der Waals surface area contributed by atoms with Crippen molar-refractivity contribution in [2.24, 2.45) is 5.92 Å². The zero-order valence-electron chi connectivity index (χ0n) is 20.7. The number of rotatable bonds is 6. The summed E-state index contributed by atoms with van der Waals surface area (Å²) in [6.07, 6.45) is 2.98. The largest absolute Gasteiger partial charge is 0.465 e. The van der Waals surface area contributed by atoms with Crippen LogP contribution in [0.1, 0.15) is 54.3 Å². The van der Waals surface area contributed by atoms with Gasteiger partial charge in [0.15, 0.2) is 0 Å². The molecule has 3 aromatic carbocycles. The van der Waals surface area contributed by atoms with Crippen molar-refractivity contribution in [2.45, 2.75) is 32.8 Å². The standard InChI is InChI=1S/C28H28ClNO3.C2H6/c1-3-19-4-13-25(20-5-9-23(29)10-6-20)26(18-19)27(31)21-14-16-30(17-15-21)24-11-7-22(8-12-24)28(32)33-2;1-2/h3-13,18,21,27,31H,1,14-17H2,2H3;1-2H3. The van der Waals surface area contributed by atoms with Gasteiger partial charge in [-0.25, -0.2) is 4.79 Å². The molecule has 35 heavy (non-hydrogen) atoms. The number of anilines is 1. The molecule has 4 nitrogen and oxygen atoms in total. The van der Waals surface area contributed by atoms with E-state index < -0.39 is 6.10 Å². The fourth-order valence-electron chi connectivity index (χ4n) is 4.50. The zero-order valence-corrected chi connectivity index (χ0v) is 21.5. The Morgan fingerprint density at radius 3 is 2.26 bits per heavy atom. The topological polar surface area (TPSA) is 49.8 Å². The zero-order chi connectivity index (χ0) is 25.4. The van der Waals surface area contributed by atoms with Crippen LogP contribution in [0.4, 0.5) is 5.69 Å². The number of ether oxygens (including phenoxy) is 1. The van der Waals surface area contributed by atoms with E-state index in [-0.39, 0.29) is 11.9 Å². The van der Waals surface area contributed by atoms with Crippen molar-refractivity contribution < 1.29 is 14.6 Å². The highest BCUT2D eigenvalue weighted by Gasteiger charge is 2.28. The molecule has 1 aliphatic rings. The Kier molecular flexibility index (Phi) is 9.53. The fourth-order valence-corrected chi connectivity index (χ4v) is 4.62. The molecular formula is C30H34ClNO3. The van der Waals surface area contributed by atoms with Crippen LogP contribution in [0.2, 0.25) is 5.02 Å². The van der Waals surface area contributed by atoms with Crippen molar-refractivity contribution in [3.05, 3.63) is 95.0 Å². The van der Waals surface area contributed by atoms with Crippen molar-refractivity contribution >= 4 is 29.3 Å². The molecule has 1 saturated heterocycles. The van der Waals surface area contributed by atoms with Crippen LogP contribution in [0.3, 0.4) is 0 Å². The van der Waals surface area contributed by atoms with Crippen LogP contribution < -0.4 is 4.90 Å². The van der Waals surface area contributed by atoms with Crippen molar-refractivity contribution in [1.82, 2.24) is 0 Å². The molecule has 4 rings (SSSR count). The summed E-state index contributed by atoms with van der Waals surface area (Å²) in [7, 11) is 1.38. The van der Waals surface area contributed by atoms with Crippen molar-refractivity contribution in [2.75, 3.05) is 25.1 Å². The Balaban J connectivity index is 0.00000167. The Morgan fingerprint density at radius 2 is 1.69 bits per heavy atom. The number of methoxy groups -OCH3 is 1. The van der Waals surface area contributed by atoms with Gasteiger partial charge in [0.25, 0.3) is 0 Å². The van der Waals surface area contributed by atoms with Crippen LogP contribution in [0, 0.1) is 5.92 Å². The molecule has 1 N–H and O–H groups in total. The Hall–Kier alpha value is -3.08. The van der Waals surface area contributed by atoms with Gasteiger partial charge in [-0.15, -0.1) is 0 Å². The lowest BCUT2D eigenvalue weighted by molar-refractivity contribution is 0.0600. The lowest BCUT2D eigenvalue weighted by Gasteiger charge is -2.36. The van der Waals surface area contributed by atoms with Crippen LogP contribution in [-0.2, 0) is 4.74 Å². The second-order valence-corrected chi connectivity index (χ2v) is 8.80. The van der Waals surface area contributed by atoms with Crippen molar-refractivity contribution in [3.8, 4) is 11.1 Å². The van der Waals surface area contributed by atoms with Gasteiger partial charge >= 0.3 is 5.97 Å². The van der Waals surface area contributed by atoms with Gasteiger partial charge in [-0.3, -0.25) is 0 Å². The smallest absolute Gasteiger partial charge is 0.337 e. The maximum Gasteiger partial charge on any atom is 0.337 e. The molecule has 0 amide bonds. The van der Waals surface area contributed by atoms with E-state index in [1.165, 1.54) is 7.11 Å². The molecule has 1 fully saturated rings. The summed E-state index contributed by atoms with van der Waals surface area (Å²) in [5.74, 6) is -0.177. The summed E-state index contributed by atoms with van der Waals surface area (Å²) in [6.45, 7) is 9.58. The highest BCUT2D eigenvalue weighted by Crippen LogP contribution is 2.38. The van der Waals surface area contributed by atoms with Crippen LogP contribution >= 0.6 is 11.6 Å². The van der Waals surface area contributed by atoms with Gasteiger partial charge in [0.2, 0.25) is 0 Å². The molecule has 0 saturated carbocycles. The minimum absolute atomic E-state index is 0.154. The summed E-state index contributed by atoms with van der Waals surface area (Å²) >= 11 is 6.08. The number of hydrogen-bond donors (Lipinski definition) is 1. The maximum absolute atomic E-state index is 11.7. The lowest BCUT2D eigenvalue weighted by atomic mass is 9.83. The fraction of sp³-hybridized carbons (Fsp3) is 0.300. The Bertz CT molecular complexity index is 1120. The average Bonchev–Trinajstić information content (AvgIpc) is 2.93. The number of aliphatic hydroxyl groups is 1. The molecule has 0 radical (unpaired) electrons. The number of carbonyl (C=O) groups excluding carboxylic acids is 1. The van der Waals surface area contributed by atoms with Crippen molar-refractivity contribution in [1.29, 1.82) is 0 Å². The van der Waals surface area contributed by atoms with Crippen molar-refractivity contribution in [3.63, 3.8) is 0 Å². The second kappa shape index (κ2) is 12.6. The number of halogens is 1. The van der Waals surface area contributed by atoms with E-state index in [4.69, 9.17) is 16.3 Å². The molecule has 1 unspecified atom stereocenters. The third-order valence-electron chi connectivity index (χ3n) is 6.42. The van der Waals surface area contributed by atoms with Gasteiger partial charge in [-0.05, 0) is 83.5 Å². The molecule has 5 heteroatoms. The third kappa shape index (κ3) is 6.33. The first-order valence-electron chi connectivity index (χ1n) is 12.1. The van der Waals surface area contributed by atoms with Gasteiger partial charge in [-0.1, -0.05) is 62.4 Å². The number of aliphatic hydroxyl groups excluding tert-OH is 1. The molecule has 0 spiro atoms. The number of esters is 1. The second-order valence-electron chi connectivity index (χ2n) is 8.37. The highest BCUT2D eigenvalue weighted by atomic mass is 35.5. The van der Waals surface area contributed by atoms with E-state index in [0.29, 0.717) is 10.6 Å². The van der Waals surface area contributed by atoms with Gasteiger partial charge in [0, 0.05) is 23.8 Å². The minimum atomic E-state index is -0.570.